The van der Waals surface area contributed by atoms with Crippen LogP contribution in [0.25, 0.3) is 0 Å². The van der Waals surface area contributed by atoms with Crippen molar-refractivity contribution in [2.75, 3.05) is 18.5 Å². The van der Waals surface area contributed by atoms with Crippen molar-refractivity contribution in [2.45, 2.75) is 33.6 Å². The van der Waals surface area contributed by atoms with Crippen LogP contribution in [0, 0.1) is 6.92 Å². The molecular weight excluding hydrogens is 340 g/mol. The van der Waals surface area contributed by atoms with Crippen LogP contribution in [0.1, 0.15) is 41.2 Å². The quantitative estimate of drug-likeness (QED) is 0.726. The number of thiazole rings is 1. The minimum Gasteiger partial charge on any atom is -0.494 e. The molecule has 2 aromatic rings. The molecule has 134 valence electrons. The van der Waals surface area contributed by atoms with Crippen molar-refractivity contribution in [1.29, 1.82) is 0 Å². The fourth-order valence-corrected chi connectivity index (χ4v) is 3.07. The number of aryl methyl sites for hydroxylation is 2. The van der Waals surface area contributed by atoms with E-state index in [1.807, 2.05) is 31.2 Å². The van der Waals surface area contributed by atoms with E-state index in [0.29, 0.717) is 41.8 Å². The number of benzene rings is 1. The molecule has 0 spiro atoms. The van der Waals surface area contributed by atoms with Crippen LogP contribution in [0.4, 0.5) is 5.13 Å². The zero-order valence-electron chi connectivity index (χ0n) is 14.6. The first-order valence-corrected chi connectivity index (χ1v) is 9.01. The van der Waals surface area contributed by atoms with Crippen molar-refractivity contribution >= 4 is 28.3 Å². The highest BCUT2D eigenvalue weighted by Gasteiger charge is 2.17. The van der Waals surface area contributed by atoms with Crippen molar-refractivity contribution < 1.29 is 19.1 Å². The Labute approximate surface area is 151 Å². The van der Waals surface area contributed by atoms with E-state index in [-0.39, 0.29) is 5.91 Å². The lowest BCUT2D eigenvalue weighted by molar-refractivity contribution is -0.116. The summed E-state index contributed by atoms with van der Waals surface area (Å²) in [5.41, 5.74) is 1.62. The molecule has 1 N–H and O–H groups in total. The van der Waals surface area contributed by atoms with Crippen LogP contribution >= 0.6 is 11.3 Å². The lowest BCUT2D eigenvalue weighted by atomic mass is 10.1. The molecule has 6 nitrogen and oxygen atoms in total. The maximum absolute atomic E-state index is 12.1. The summed E-state index contributed by atoms with van der Waals surface area (Å²) in [4.78, 5) is 28.5. The monoisotopic (exact) mass is 362 g/mol. The van der Waals surface area contributed by atoms with Gasteiger partial charge in [0.2, 0.25) is 5.91 Å². The molecule has 25 heavy (non-hydrogen) atoms. The summed E-state index contributed by atoms with van der Waals surface area (Å²) in [5, 5.41) is 3.15. The Morgan fingerprint density at radius 1 is 1.16 bits per heavy atom. The number of nitrogens with one attached hydrogen (secondary N) is 1. The number of hydrogen-bond acceptors (Lipinski definition) is 6. The zero-order valence-corrected chi connectivity index (χ0v) is 15.4. The molecule has 0 aliphatic rings. The van der Waals surface area contributed by atoms with Gasteiger partial charge < -0.3 is 14.8 Å². The summed E-state index contributed by atoms with van der Waals surface area (Å²) in [7, 11) is 0. The number of anilines is 1. The molecular formula is C18H22N2O4S. The Balaban J connectivity index is 1.88. The van der Waals surface area contributed by atoms with E-state index in [1.54, 1.807) is 13.8 Å². The predicted octanol–water partition coefficient (Wildman–Crippen LogP) is 3.60. The van der Waals surface area contributed by atoms with Crippen LogP contribution in [0.2, 0.25) is 0 Å². The Kier molecular flexibility index (Phi) is 6.94. The largest absolute Gasteiger partial charge is 0.494 e. The van der Waals surface area contributed by atoms with Gasteiger partial charge in [0.15, 0.2) is 5.13 Å². The summed E-state index contributed by atoms with van der Waals surface area (Å²) in [5.74, 6) is 0.269. The van der Waals surface area contributed by atoms with Gasteiger partial charge in [-0.1, -0.05) is 23.5 Å². The summed E-state index contributed by atoms with van der Waals surface area (Å²) in [6.07, 6.45) is 0.953. The second-order valence-corrected chi connectivity index (χ2v) is 6.28. The van der Waals surface area contributed by atoms with Gasteiger partial charge in [0.05, 0.1) is 18.9 Å². The SMILES string of the molecule is CCOC(=O)c1sc(NC(=O)CCc2ccc(OCC)cc2)nc1C. The van der Waals surface area contributed by atoms with E-state index in [9.17, 15) is 9.59 Å². The number of amides is 1. The lowest BCUT2D eigenvalue weighted by Gasteiger charge is -2.05. The number of esters is 1. The number of aromatic nitrogens is 1. The fourth-order valence-electron chi connectivity index (χ4n) is 2.19. The zero-order chi connectivity index (χ0) is 18.2. The molecule has 0 radical (unpaired) electrons. The summed E-state index contributed by atoms with van der Waals surface area (Å²) in [6, 6.07) is 7.69. The highest BCUT2D eigenvalue weighted by molar-refractivity contribution is 7.17. The van der Waals surface area contributed by atoms with Gasteiger partial charge in [0.25, 0.3) is 0 Å². The van der Waals surface area contributed by atoms with E-state index in [4.69, 9.17) is 9.47 Å². The topological polar surface area (TPSA) is 77.5 Å². The number of nitrogens with zero attached hydrogens (tertiary/aromatic N) is 1. The number of hydrogen-bond donors (Lipinski definition) is 1. The van der Waals surface area contributed by atoms with Gasteiger partial charge in [-0.15, -0.1) is 0 Å². The molecule has 0 unspecified atom stereocenters. The van der Waals surface area contributed by atoms with Crippen LogP contribution in [-0.2, 0) is 16.0 Å². The molecule has 0 aliphatic carbocycles. The smallest absolute Gasteiger partial charge is 0.350 e. The number of ether oxygens (including phenoxy) is 2. The van der Waals surface area contributed by atoms with Crippen molar-refractivity contribution in [2.24, 2.45) is 0 Å². The minimum atomic E-state index is -0.410. The first-order valence-electron chi connectivity index (χ1n) is 8.19. The second-order valence-electron chi connectivity index (χ2n) is 5.28. The van der Waals surface area contributed by atoms with E-state index in [1.165, 1.54) is 0 Å². The van der Waals surface area contributed by atoms with Crippen LogP contribution in [-0.4, -0.2) is 30.1 Å². The maximum Gasteiger partial charge on any atom is 0.350 e. The molecule has 0 saturated heterocycles. The third kappa shape index (κ3) is 5.56. The summed E-state index contributed by atoms with van der Waals surface area (Å²) >= 11 is 1.13. The van der Waals surface area contributed by atoms with Gasteiger partial charge in [0, 0.05) is 6.42 Å². The predicted molar refractivity (Wildman–Crippen MR) is 97.4 cm³/mol. The second kappa shape index (κ2) is 9.17. The Hall–Kier alpha value is -2.41. The van der Waals surface area contributed by atoms with Crippen molar-refractivity contribution in [3.05, 3.63) is 40.4 Å². The highest BCUT2D eigenvalue weighted by atomic mass is 32.1. The Bertz CT molecular complexity index is 725. The van der Waals surface area contributed by atoms with E-state index in [0.717, 1.165) is 22.6 Å². The van der Waals surface area contributed by atoms with E-state index in [2.05, 4.69) is 10.3 Å². The maximum atomic E-state index is 12.1. The van der Waals surface area contributed by atoms with Crippen molar-refractivity contribution in [1.82, 2.24) is 4.98 Å². The van der Waals surface area contributed by atoms with Gasteiger partial charge in [-0.3, -0.25) is 4.79 Å². The van der Waals surface area contributed by atoms with E-state index >= 15 is 0 Å². The average Bonchev–Trinajstić information content (AvgIpc) is 2.95. The molecule has 2 rings (SSSR count). The normalized spacial score (nSPS) is 10.4. The van der Waals surface area contributed by atoms with Crippen LogP contribution < -0.4 is 10.1 Å². The Morgan fingerprint density at radius 3 is 2.52 bits per heavy atom. The van der Waals surface area contributed by atoms with Gasteiger partial charge in [-0.2, -0.15) is 0 Å². The molecule has 0 bridgehead atoms. The molecule has 0 fully saturated rings. The first-order chi connectivity index (χ1) is 12.0. The Morgan fingerprint density at radius 2 is 1.88 bits per heavy atom. The average molecular weight is 362 g/mol. The van der Waals surface area contributed by atoms with Gasteiger partial charge in [-0.05, 0) is 44.9 Å². The standard InChI is InChI=1S/C18H22N2O4S/c1-4-23-14-9-6-13(7-10-14)8-11-15(21)20-18-19-12(3)16(25-18)17(22)24-5-2/h6-7,9-10H,4-5,8,11H2,1-3H3,(H,19,20,21). The molecule has 0 atom stereocenters. The molecule has 7 heteroatoms. The third-order valence-electron chi connectivity index (χ3n) is 3.38. The molecule has 1 heterocycles. The number of carbonyl (C=O) groups excluding carboxylic acids is 2. The van der Waals surface area contributed by atoms with E-state index < -0.39 is 5.97 Å². The molecule has 0 saturated carbocycles. The minimum absolute atomic E-state index is 0.141. The van der Waals surface area contributed by atoms with Crippen LogP contribution in [0.5, 0.6) is 5.75 Å². The van der Waals surface area contributed by atoms with Gasteiger partial charge in [0.1, 0.15) is 10.6 Å². The lowest BCUT2D eigenvalue weighted by Crippen LogP contribution is -2.12. The van der Waals surface area contributed by atoms with Gasteiger partial charge in [-0.25, -0.2) is 9.78 Å². The molecule has 0 aliphatic heterocycles. The molecule has 1 aromatic heterocycles. The first kappa shape index (κ1) is 18.9. The van der Waals surface area contributed by atoms with Crippen molar-refractivity contribution in [3.63, 3.8) is 0 Å². The highest BCUT2D eigenvalue weighted by Crippen LogP contribution is 2.23. The number of rotatable bonds is 8. The van der Waals surface area contributed by atoms with Crippen LogP contribution in [0.3, 0.4) is 0 Å². The molecule has 1 amide bonds. The van der Waals surface area contributed by atoms with Crippen molar-refractivity contribution in [3.8, 4) is 5.75 Å². The van der Waals surface area contributed by atoms with Crippen LogP contribution in [0.15, 0.2) is 24.3 Å². The molecule has 1 aromatic carbocycles. The summed E-state index contributed by atoms with van der Waals surface area (Å²) in [6.45, 7) is 6.34. The fraction of sp³-hybridized carbons (Fsp3) is 0.389. The van der Waals surface area contributed by atoms with Gasteiger partial charge >= 0.3 is 5.97 Å². The third-order valence-corrected chi connectivity index (χ3v) is 4.43. The number of carbonyl (C=O) groups is 2. The summed E-state index contributed by atoms with van der Waals surface area (Å²) < 4.78 is 10.4.